The van der Waals surface area contributed by atoms with Crippen LogP contribution in [-0.2, 0) is 0 Å². The molecule has 90 valence electrons. The van der Waals surface area contributed by atoms with Crippen molar-refractivity contribution in [1.82, 2.24) is 9.97 Å². The summed E-state index contributed by atoms with van der Waals surface area (Å²) in [5.41, 5.74) is 4.01. The Morgan fingerprint density at radius 1 is 1.24 bits per heavy atom. The van der Waals surface area contributed by atoms with Crippen LogP contribution in [0.15, 0.2) is 23.8 Å². The van der Waals surface area contributed by atoms with Gasteiger partial charge in [0.05, 0.1) is 21.8 Å². The summed E-state index contributed by atoms with van der Waals surface area (Å²) in [4.78, 5) is 9.35. The predicted molar refractivity (Wildman–Crippen MR) is 64.5 cm³/mol. The Balaban J connectivity index is 2.28. The van der Waals surface area contributed by atoms with Gasteiger partial charge in [-0.2, -0.15) is 0 Å². The van der Waals surface area contributed by atoms with Gasteiger partial charge < -0.3 is 0 Å². The predicted octanol–water partition coefficient (Wildman–Crippen LogP) is 3.88. The Kier molecular flexibility index (Phi) is 3.47. The lowest BCUT2D eigenvalue weighted by molar-refractivity contribution is 0.121. The summed E-state index contributed by atoms with van der Waals surface area (Å²) in [6, 6.07) is 3.48. The van der Waals surface area contributed by atoms with E-state index in [1.165, 1.54) is 24.5 Å². The quantitative estimate of drug-likeness (QED) is 0.830. The Morgan fingerprint density at radius 2 is 2.00 bits per heavy atom. The van der Waals surface area contributed by atoms with Gasteiger partial charge in [-0.25, -0.2) is 13.8 Å². The van der Waals surface area contributed by atoms with E-state index in [-0.39, 0.29) is 0 Å². The molecule has 0 aliphatic rings. The lowest BCUT2D eigenvalue weighted by Gasteiger charge is -2.10. The first-order chi connectivity index (χ1) is 8.09. The first-order valence-corrected chi connectivity index (χ1v) is 6.12. The fraction of sp³-hybridized carbons (Fsp3) is 0.333. The van der Waals surface area contributed by atoms with Gasteiger partial charge in [0.1, 0.15) is 0 Å². The maximum Gasteiger partial charge on any atom is 0.245 e. The van der Waals surface area contributed by atoms with E-state index in [0.29, 0.717) is 5.56 Å². The molecule has 0 aliphatic heterocycles. The highest BCUT2D eigenvalue weighted by Gasteiger charge is 2.17. The Morgan fingerprint density at radius 3 is 2.47 bits per heavy atom. The van der Waals surface area contributed by atoms with E-state index in [1.807, 2.05) is 6.92 Å². The number of aromatic nitrogens is 2. The highest BCUT2D eigenvalue weighted by Crippen LogP contribution is 2.27. The molecular formula is C12H12F2N2S. The van der Waals surface area contributed by atoms with Crippen LogP contribution >= 0.6 is 11.3 Å². The average Bonchev–Trinajstić information content (AvgIpc) is 2.74. The minimum Gasteiger partial charge on any atom is -0.255 e. The summed E-state index contributed by atoms with van der Waals surface area (Å²) < 4.78 is 25.0. The molecular weight excluding hydrogens is 242 g/mol. The molecule has 5 heteroatoms. The van der Waals surface area contributed by atoms with Crippen LogP contribution in [-0.4, -0.2) is 16.4 Å². The first-order valence-electron chi connectivity index (χ1n) is 5.24. The van der Waals surface area contributed by atoms with Gasteiger partial charge in [-0.15, -0.1) is 11.3 Å². The highest BCUT2D eigenvalue weighted by atomic mass is 32.1. The molecule has 0 spiro atoms. The lowest BCUT2D eigenvalue weighted by Crippen LogP contribution is -2.04. The van der Waals surface area contributed by atoms with Crippen molar-refractivity contribution in [2.45, 2.75) is 26.2 Å². The fourth-order valence-corrected chi connectivity index (χ4v) is 2.28. The fourth-order valence-electron chi connectivity index (χ4n) is 1.50. The topological polar surface area (TPSA) is 25.8 Å². The van der Waals surface area contributed by atoms with Crippen LogP contribution in [0.5, 0.6) is 0 Å². The van der Waals surface area contributed by atoms with Gasteiger partial charge in [-0.05, 0) is 18.6 Å². The van der Waals surface area contributed by atoms with E-state index in [1.54, 1.807) is 17.6 Å². The van der Waals surface area contributed by atoms with E-state index >= 15 is 0 Å². The number of aryl methyl sites for hydroxylation is 1. The molecule has 2 rings (SSSR count). The van der Waals surface area contributed by atoms with Crippen LogP contribution in [0.25, 0.3) is 10.6 Å². The SMILES string of the molecule is Cc1ncsc1-c1ccc([C@H](C)C(F)F)cn1. The molecule has 0 saturated carbocycles. The third kappa shape index (κ3) is 2.49. The lowest BCUT2D eigenvalue weighted by atomic mass is 10.0. The maximum absolute atomic E-state index is 12.5. The smallest absolute Gasteiger partial charge is 0.245 e. The summed E-state index contributed by atoms with van der Waals surface area (Å²) in [5, 5.41) is 0. The molecule has 0 saturated heterocycles. The number of pyridine rings is 1. The Bertz CT molecular complexity index is 493. The third-order valence-electron chi connectivity index (χ3n) is 2.67. The number of nitrogens with zero attached hydrogens (tertiary/aromatic N) is 2. The normalized spacial score (nSPS) is 13.0. The van der Waals surface area contributed by atoms with Crippen molar-refractivity contribution in [3.8, 4) is 10.6 Å². The second-order valence-electron chi connectivity index (χ2n) is 3.87. The van der Waals surface area contributed by atoms with E-state index in [4.69, 9.17) is 0 Å². The van der Waals surface area contributed by atoms with Crippen LogP contribution < -0.4 is 0 Å². The summed E-state index contributed by atoms with van der Waals surface area (Å²) in [6.45, 7) is 3.41. The molecule has 17 heavy (non-hydrogen) atoms. The zero-order valence-corrected chi connectivity index (χ0v) is 10.3. The van der Waals surface area contributed by atoms with E-state index in [2.05, 4.69) is 9.97 Å². The second kappa shape index (κ2) is 4.87. The number of rotatable bonds is 3. The first kappa shape index (κ1) is 12.1. The summed E-state index contributed by atoms with van der Waals surface area (Å²) in [7, 11) is 0. The molecule has 0 N–H and O–H groups in total. The van der Waals surface area contributed by atoms with Gasteiger partial charge in [-0.3, -0.25) is 4.98 Å². The van der Waals surface area contributed by atoms with Gasteiger partial charge in [0.25, 0.3) is 0 Å². The van der Waals surface area contributed by atoms with E-state index in [9.17, 15) is 8.78 Å². The van der Waals surface area contributed by atoms with Gasteiger partial charge in [0.2, 0.25) is 6.43 Å². The van der Waals surface area contributed by atoms with Crippen LogP contribution in [0.1, 0.15) is 24.1 Å². The van der Waals surface area contributed by atoms with Crippen LogP contribution in [0, 0.1) is 6.92 Å². The van der Waals surface area contributed by atoms with E-state index < -0.39 is 12.3 Å². The summed E-state index contributed by atoms with van der Waals surface area (Å²) in [5.74, 6) is -0.779. The minimum absolute atomic E-state index is 0.561. The van der Waals surface area contributed by atoms with Crippen molar-refractivity contribution in [1.29, 1.82) is 0 Å². The molecule has 0 unspecified atom stereocenters. The molecule has 2 aromatic heterocycles. The van der Waals surface area contributed by atoms with Gasteiger partial charge in [0.15, 0.2) is 0 Å². The van der Waals surface area contributed by atoms with Crippen LogP contribution in [0.4, 0.5) is 8.78 Å². The molecule has 2 heterocycles. The monoisotopic (exact) mass is 254 g/mol. The molecule has 0 amide bonds. The average molecular weight is 254 g/mol. The maximum atomic E-state index is 12.5. The zero-order chi connectivity index (χ0) is 12.4. The van der Waals surface area contributed by atoms with Crippen molar-refractivity contribution in [3.63, 3.8) is 0 Å². The second-order valence-corrected chi connectivity index (χ2v) is 4.72. The summed E-state index contributed by atoms with van der Waals surface area (Å²) in [6.07, 6.45) is -0.835. The van der Waals surface area contributed by atoms with Gasteiger partial charge in [0, 0.05) is 12.1 Å². The number of thiazole rings is 1. The zero-order valence-electron chi connectivity index (χ0n) is 9.52. The van der Waals surface area contributed by atoms with Crippen molar-refractivity contribution in [2.75, 3.05) is 0 Å². The van der Waals surface area contributed by atoms with Crippen LogP contribution in [0.2, 0.25) is 0 Å². The molecule has 0 bridgehead atoms. The standard InChI is InChI=1S/C12H12F2N2S/c1-7(12(13)14)9-3-4-10(15-5-9)11-8(2)16-6-17-11/h3-7,12H,1-2H3/t7-/m0/s1. The largest absolute Gasteiger partial charge is 0.255 e. The van der Waals surface area contributed by atoms with Gasteiger partial charge in [-0.1, -0.05) is 13.0 Å². The summed E-state index contributed by atoms with van der Waals surface area (Å²) >= 11 is 1.50. The Labute approximate surface area is 102 Å². The molecule has 0 aromatic carbocycles. The number of halogens is 2. The van der Waals surface area contributed by atoms with Crippen LogP contribution in [0.3, 0.4) is 0 Å². The molecule has 0 aliphatic carbocycles. The Hall–Kier alpha value is -1.36. The number of hydrogen-bond acceptors (Lipinski definition) is 3. The van der Waals surface area contributed by atoms with Crippen molar-refractivity contribution < 1.29 is 8.78 Å². The highest BCUT2D eigenvalue weighted by molar-refractivity contribution is 7.13. The van der Waals surface area contributed by atoms with Crippen molar-refractivity contribution in [2.24, 2.45) is 0 Å². The molecule has 0 radical (unpaired) electrons. The van der Waals surface area contributed by atoms with Gasteiger partial charge >= 0.3 is 0 Å². The van der Waals surface area contributed by atoms with Crippen molar-refractivity contribution >= 4 is 11.3 Å². The third-order valence-corrected chi connectivity index (χ3v) is 3.62. The molecule has 1 atom stereocenters. The molecule has 0 fully saturated rings. The minimum atomic E-state index is -2.35. The molecule has 2 aromatic rings. The number of alkyl halides is 2. The van der Waals surface area contributed by atoms with Crippen molar-refractivity contribution in [3.05, 3.63) is 35.1 Å². The number of hydrogen-bond donors (Lipinski definition) is 0. The molecule has 2 nitrogen and oxygen atoms in total. The van der Waals surface area contributed by atoms with E-state index in [0.717, 1.165) is 16.3 Å².